The van der Waals surface area contributed by atoms with E-state index >= 15 is 0 Å². The van der Waals surface area contributed by atoms with Crippen LogP contribution in [0.3, 0.4) is 0 Å². The summed E-state index contributed by atoms with van der Waals surface area (Å²) in [6, 6.07) is 1.90. The molecule has 2 aromatic rings. The summed E-state index contributed by atoms with van der Waals surface area (Å²) < 4.78 is 1.75. The highest BCUT2D eigenvalue weighted by molar-refractivity contribution is 5.99. The fraction of sp³-hybridized carbons (Fsp3) is 0.250. The number of carbonyl (C=O) groups excluding carboxylic acids is 1. The van der Waals surface area contributed by atoms with Gasteiger partial charge in [0.2, 0.25) is 0 Å². The first-order chi connectivity index (χ1) is 8.20. The van der Waals surface area contributed by atoms with E-state index in [-0.39, 0.29) is 5.91 Å². The molecule has 0 saturated carbocycles. The number of aryl methyl sites for hydroxylation is 1. The van der Waals surface area contributed by atoms with Gasteiger partial charge in [-0.3, -0.25) is 4.79 Å². The zero-order valence-corrected chi connectivity index (χ0v) is 9.69. The molecule has 0 spiro atoms. The molecule has 0 fully saturated rings. The van der Waals surface area contributed by atoms with Crippen LogP contribution in [0.4, 0.5) is 0 Å². The molecule has 2 heterocycles. The van der Waals surface area contributed by atoms with Crippen molar-refractivity contribution in [2.24, 2.45) is 0 Å². The summed E-state index contributed by atoms with van der Waals surface area (Å²) in [7, 11) is 1.62. The van der Waals surface area contributed by atoms with Gasteiger partial charge in [-0.25, -0.2) is 9.50 Å². The van der Waals surface area contributed by atoms with Crippen LogP contribution in [-0.4, -0.2) is 27.6 Å². The van der Waals surface area contributed by atoms with Crippen molar-refractivity contribution in [3.8, 4) is 0 Å². The number of carbonyl (C=O) groups is 1. The summed E-state index contributed by atoms with van der Waals surface area (Å²) in [5.41, 5.74) is 4.26. The Bertz CT molecular complexity index is 654. The van der Waals surface area contributed by atoms with Gasteiger partial charge in [0, 0.05) is 19.3 Å². The molecule has 1 aliphatic carbocycles. The van der Waals surface area contributed by atoms with Gasteiger partial charge in [-0.05, 0) is 18.9 Å². The highest BCUT2D eigenvalue weighted by Crippen LogP contribution is 2.33. The zero-order valence-electron chi connectivity index (χ0n) is 9.69. The molecule has 5 heteroatoms. The number of fused-ring (bicyclic) bond motifs is 1. The van der Waals surface area contributed by atoms with Crippen LogP contribution in [0.2, 0.25) is 0 Å². The summed E-state index contributed by atoms with van der Waals surface area (Å²) in [5.74, 6) is -0.129. The molecule has 0 bridgehead atoms. The summed E-state index contributed by atoms with van der Waals surface area (Å²) in [6.07, 6.45) is 4.62. The van der Waals surface area contributed by atoms with Gasteiger partial charge in [-0.15, -0.1) is 0 Å². The lowest BCUT2D eigenvalue weighted by molar-refractivity contribution is 0.0962. The maximum absolute atomic E-state index is 11.8. The number of hydrogen-bond donors (Lipinski definition) is 1. The maximum atomic E-state index is 11.8. The number of nitrogens with zero attached hydrogens (tertiary/aromatic N) is 3. The molecule has 5 nitrogen and oxygen atoms in total. The van der Waals surface area contributed by atoms with Crippen LogP contribution in [-0.2, 0) is 0 Å². The lowest BCUT2D eigenvalue weighted by Gasteiger charge is -2.07. The van der Waals surface area contributed by atoms with E-state index in [4.69, 9.17) is 0 Å². The molecular formula is C12H12N4O. The molecule has 0 saturated heterocycles. The number of hydrogen-bond acceptors (Lipinski definition) is 3. The Labute approximate surface area is 98.2 Å². The van der Waals surface area contributed by atoms with Gasteiger partial charge >= 0.3 is 0 Å². The molecule has 17 heavy (non-hydrogen) atoms. The first-order valence-corrected chi connectivity index (χ1v) is 5.47. The van der Waals surface area contributed by atoms with Crippen molar-refractivity contribution in [2.75, 3.05) is 7.05 Å². The van der Waals surface area contributed by atoms with Gasteiger partial charge in [0.1, 0.15) is 0 Å². The molecule has 0 atom stereocenters. The van der Waals surface area contributed by atoms with Gasteiger partial charge in [0.15, 0.2) is 5.65 Å². The predicted molar refractivity (Wildman–Crippen MR) is 63.7 cm³/mol. The molecule has 1 N–H and O–H groups in total. The van der Waals surface area contributed by atoms with Gasteiger partial charge in [-0.1, -0.05) is 6.08 Å². The van der Waals surface area contributed by atoms with Crippen molar-refractivity contribution in [3.63, 3.8) is 0 Å². The lowest BCUT2D eigenvalue weighted by atomic mass is 10.2. The molecule has 0 radical (unpaired) electrons. The molecule has 0 unspecified atom stereocenters. The Morgan fingerprint density at radius 2 is 2.29 bits per heavy atom. The molecule has 1 amide bonds. The minimum absolute atomic E-state index is 0.129. The van der Waals surface area contributed by atoms with Crippen LogP contribution in [0.25, 0.3) is 11.2 Å². The molecule has 1 aliphatic rings. The smallest absolute Gasteiger partial charge is 0.254 e. The van der Waals surface area contributed by atoms with Gasteiger partial charge in [0.05, 0.1) is 17.0 Å². The third-order valence-corrected chi connectivity index (χ3v) is 2.79. The topological polar surface area (TPSA) is 59.3 Å². The molecule has 86 valence electrons. The fourth-order valence-corrected chi connectivity index (χ4v) is 1.90. The number of aromatic nitrogens is 3. The normalized spacial score (nSPS) is 13.6. The number of allylic oxidation sites excluding steroid dienone is 2. The third kappa shape index (κ3) is 1.51. The van der Waals surface area contributed by atoms with Crippen LogP contribution < -0.4 is 5.32 Å². The van der Waals surface area contributed by atoms with Crippen molar-refractivity contribution in [1.82, 2.24) is 19.9 Å². The quantitative estimate of drug-likeness (QED) is 0.839. The monoisotopic (exact) mass is 228 g/mol. The van der Waals surface area contributed by atoms with Gasteiger partial charge < -0.3 is 5.32 Å². The van der Waals surface area contributed by atoms with Crippen LogP contribution in [0.1, 0.15) is 28.2 Å². The Hall–Kier alpha value is -2.17. The SMILES string of the molecule is CNC(=O)c1cnc2cc(C)nn2c1C1=CC1. The van der Waals surface area contributed by atoms with Crippen molar-refractivity contribution >= 4 is 17.1 Å². The Morgan fingerprint density at radius 1 is 1.53 bits per heavy atom. The molecule has 0 aliphatic heterocycles. The number of rotatable bonds is 2. The van der Waals surface area contributed by atoms with E-state index in [1.54, 1.807) is 17.8 Å². The summed E-state index contributed by atoms with van der Waals surface area (Å²) in [4.78, 5) is 16.1. The standard InChI is InChI=1S/C12H12N4O/c1-7-5-10-14-6-9(12(17)13-2)11(8-3-4-8)16(10)15-7/h3,5-6H,4H2,1-2H3,(H,13,17). The predicted octanol–water partition coefficient (Wildman–Crippen LogP) is 1.18. The van der Waals surface area contributed by atoms with Crippen LogP contribution in [0, 0.1) is 6.92 Å². The van der Waals surface area contributed by atoms with E-state index < -0.39 is 0 Å². The lowest BCUT2D eigenvalue weighted by Crippen LogP contribution is -2.21. The van der Waals surface area contributed by atoms with Crippen LogP contribution >= 0.6 is 0 Å². The van der Waals surface area contributed by atoms with Gasteiger partial charge in [-0.2, -0.15) is 5.10 Å². The average Bonchev–Trinajstić information content (AvgIpc) is 3.08. The second-order valence-electron chi connectivity index (χ2n) is 4.09. The minimum atomic E-state index is -0.129. The van der Waals surface area contributed by atoms with E-state index in [2.05, 4.69) is 21.5 Å². The van der Waals surface area contributed by atoms with Crippen LogP contribution in [0.15, 0.2) is 18.3 Å². The Balaban J connectivity index is 2.32. The number of amides is 1. The van der Waals surface area contributed by atoms with Crippen LogP contribution in [0.5, 0.6) is 0 Å². The first-order valence-electron chi connectivity index (χ1n) is 5.47. The summed E-state index contributed by atoms with van der Waals surface area (Å²) in [6.45, 7) is 1.92. The Kier molecular flexibility index (Phi) is 2.01. The van der Waals surface area contributed by atoms with Crippen molar-refractivity contribution in [1.29, 1.82) is 0 Å². The third-order valence-electron chi connectivity index (χ3n) is 2.79. The second kappa shape index (κ2) is 3.41. The van der Waals surface area contributed by atoms with Gasteiger partial charge in [0.25, 0.3) is 5.91 Å². The molecular weight excluding hydrogens is 216 g/mol. The molecule has 3 rings (SSSR count). The Morgan fingerprint density at radius 3 is 2.94 bits per heavy atom. The minimum Gasteiger partial charge on any atom is -0.355 e. The van der Waals surface area contributed by atoms with E-state index in [1.807, 2.05) is 13.0 Å². The van der Waals surface area contributed by atoms with E-state index in [0.717, 1.165) is 29.0 Å². The highest BCUT2D eigenvalue weighted by atomic mass is 16.1. The highest BCUT2D eigenvalue weighted by Gasteiger charge is 2.23. The average molecular weight is 228 g/mol. The molecule has 0 aromatic carbocycles. The summed E-state index contributed by atoms with van der Waals surface area (Å²) >= 11 is 0. The van der Waals surface area contributed by atoms with Crippen molar-refractivity contribution < 1.29 is 4.79 Å². The first kappa shape index (κ1) is 10.0. The maximum Gasteiger partial charge on any atom is 0.254 e. The summed E-state index contributed by atoms with van der Waals surface area (Å²) in [5, 5.41) is 7.01. The fourth-order valence-electron chi connectivity index (χ4n) is 1.90. The largest absolute Gasteiger partial charge is 0.355 e. The molecule has 2 aromatic heterocycles. The zero-order chi connectivity index (χ0) is 12.0. The second-order valence-corrected chi connectivity index (χ2v) is 4.09. The van der Waals surface area contributed by atoms with E-state index in [1.165, 1.54) is 0 Å². The number of nitrogens with one attached hydrogen (secondary N) is 1. The van der Waals surface area contributed by atoms with Crippen molar-refractivity contribution in [3.05, 3.63) is 35.3 Å². The van der Waals surface area contributed by atoms with E-state index in [0.29, 0.717) is 5.56 Å². The van der Waals surface area contributed by atoms with E-state index in [9.17, 15) is 4.79 Å². The van der Waals surface area contributed by atoms with Crippen molar-refractivity contribution in [2.45, 2.75) is 13.3 Å².